The van der Waals surface area contributed by atoms with Crippen LogP contribution in [-0.4, -0.2) is 23.9 Å². The van der Waals surface area contributed by atoms with Gasteiger partial charge in [0.05, 0.1) is 12.2 Å². The van der Waals surface area contributed by atoms with Crippen molar-refractivity contribution < 1.29 is 9.84 Å². The monoisotopic (exact) mass is 158 g/mol. The van der Waals surface area contributed by atoms with Crippen LogP contribution in [0.1, 0.15) is 33.6 Å². The molecule has 0 spiro atoms. The maximum atomic E-state index is 9.46. The van der Waals surface area contributed by atoms with E-state index in [0.29, 0.717) is 0 Å². The molecular weight excluding hydrogens is 140 g/mol. The highest BCUT2D eigenvalue weighted by Gasteiger charge is 2.51. The number of hydrogen-bond donors (Lipinski definition) is 1. The van der Waals surface area contributed by atoms with Gasteiger partial charge in [0.1, 0.15) is 0 Å². The van der Waals surface area contributed by atoms with Gasteiger partial charge >= 0.3 is 0 Å². The fourth-order valence-electron chi connectivity index (χ4n) is 1.72. The molecule has 0 aromatic rings. The molecule has 1 rings (SSSR count). The Labute approximate surface area is 68.6 Å². The lowest BCUT2D eigenvalue weighted by atomic mass is 9.94. The standard InChI is InChI=1S/C9H18O2/c1-4-11-8(3)9(5-6-9)7(2)10/h7-8,10H,4-6H2,1-3H3. The van der Waals surface area contributed by atoms with Gasteiger partial charge in [0.2, 0.25) is 0 Å². The molecule has 1 fully saturated rings. The van der Waals surface area contributed by atoms with E-state index in [4.69, 9.17) is 4.74 Å². The Balaban J connectivity index is 2.44. The van der Waals surface area contributed by atoms with Gasteiger partial charge in [-0.3, -0.25) is 0 Å². The van der Waals surface area contributed by atoms with Crippen molar-refractivity contribution in [3.05, 3.63) is 0 Å². The minimum absolute atomic E-state index is 0.0933. The van der Waals surface area contributed by atoms with Crippen molar-refractivity contribution in [3.63, 3.8) is 0 Å². The lowest BCUT2D eigenvalue weighted by molar-refractivity contribution is -0.0310. The number of rotatable bonds is 4. The van der Waals surface area contributed by atoms with Gasteiger partial charge in [-0.2, -0.15) is 0 Å². The molecule has 11 heavy (non-hydrogen) atoms. The van der Waals surface area contributed by atoms with E-state index in [-0.39, 0.29) is 17.6 Å². The van der Waals surface area contributed by atoms with Crippen molar-refractivity contribution >= 4 is 0 Å². The third kappa shape index (κ3) is 1.57. The van der Waals surface area contributed by atoms with E-state index in [9.17, 15) is 5.11 Å². The molecule has 1 aliphatic carbocycles. The second-order valence-corrected chi connectivity index (χ2v) is 3.51. The first-order valence-corrected chi connectivity index (χ1v) is 4.43. The van der Waals surface area contributed by atoms with E-state index in [2.05, 4.69) is 6.92 Å². The fourth-order valence-corrected chi connectivity index (χ4v) is 1.72. The van der Waals surface area contributed by atoms with Crippen molar-refractivity contribution in [2.24, 2.45) is 5.41 Å². The van der Waals surface area contributed by atoms with E-state index in [1.807, 2.05) is 13.8 Å². The van der Waals surface area contributed by atoms with Crippen molar-refractivity contribution in [1.82, 2.24) is 0 Å². The summed E-state index contributed by atoms with van der Waals surface area (Å²) < 4.78 is 5.47. The third-order valence-electron chi connectivity index (χ3n) is 2.89. The highest BCUT2D eigenvalue weighted by Crippen LogP contribution is 2.52. The van der Waals surface area contributed by atoms with Gasteiger partial charge in [0.15, 0.2) is 0 Å². The van der Waals surface area contributed by atoms with Gasteiger partial charge in [-0.25, -0.2) is 0 Å². The fraction of sp³-hybridized carbons (Fsp3) is 1.00. The smallest absolute Gasteiger partial charge is 0.0627 e. The molecule has 2 atom stereocenters. The largest absolute Gasteiger partial charge is 0.393 e. The summed E-state index contributed by atoms with van der Waals surface area (Å²) in [5, 5.41) is 9.46. The molecule has 0 heterocycles. The normalized spacial score (nSPS) is 26.2. The van der Waals surface area contributed by atoms with E-state index >= 15 is 0 Å². The van der Waals surface area contributed by atoms with Crippen LogP contribution in [0.5, 0.6) is 0 Å². The van der Waals surface area contributed by atoms with E-state index in [1.165, 1.54) is 0 Å². The third-order valence-corrected chi connectivity index (χ3v) is 2.89. The Morgan fingerprint density at radius 3 is 2.27 bits per heavy atom. The molecule has 1 aliphatic rings. The Hall–Kier alpha value is -0.0800. The predicted octanol–water partition coefficient (Wildman–Crippen LogP) is 1.57. The predicted molar refractivity (Wildman–Crippen MR) is 44.4 cm³/mol. The summed E-state index contributed by atoms with van der Waals surface area (Å²) >= 11 is 0. The summed E-state index contributed by atoms with van der Waals surface area (Å²) in [6.07, 6.45) is 2.23. The highest BCUT2D eigenvalue weighted by atomic mass is 16.5. The average molecular weight is 158 g/mol. The van der Waals surface area contributed by atoms with Crippen molar-refractivity contribution in [1.29, 1.82) is 0 Å². The van der Waals surface area contributed by atoms with E-state index in [1.54, 1.807) is 0 Å². The van der Waals surface area contributed by atoms with Crippen LogP contribution in [-0.2, 0) is 4.74 Å². The van der Waals surface area contributed by atoms with Crippen LogP contribution in [0, 0.1) is 5.41 Å². The molecule has 2 heteroatoms. The number of aliphatic hydroxyl groups excluding tert-OH is 1. The molecule has 0 bridgehead atoms. The topological polar surface area (TPSA) is 29.5 Å². The number of ether oxygens (including phenoxy) is 1. The molecular formula is C9H18O2. The Morgan fingerprint density at radius 1 is 1.45 bits per heavy atom. The SMILES string of the molecule is CCOC(C)C1(C(C)O)CC1. The van der Waals surface area contributed by atoms with Crippen molar-refractivity contribution in [2.75, 3.05) is 6.61 Å². The molecule has 0 aliphatic heterocycles. The summed E-state index contributed by atoms with van der Waals surface area (Å²) in [5.41, 5.74) is 0.0933. The molecule has 0 aromatic carbocycles. The summed E-state index contributed by atoms with van der Waals surface area (Å²) in [4.78, 5) is 0. The first-order valence-electron chi connectivity index (χ1n) is 4.43. The van der Waals surface area contributed by atoms with Crippen LogP contribution >= 0.6 is 0 Å². The Kier molecular flexibility index (Phi) is 2.55. The zero-order chi connectivity index (χ0) is 8.48. The molecule has 0 saturated heterocycles. The van der Waals surface area contributed by atoms with Crippen LogP contribution in [0.15, 0.2) is 0 Å². The minimum Gasteiger partial charge on any atom is -0.393 e. The summed E-state index contributed by atoms with van der Waals surface area (Å²) in [6, 6.07) is 0. The van der Waals surface area contributed by atoms with Crippen molar-refractivity contribution in [3.8, 4) is 0 Å². The van der Waals surface area contributed by atoms with Crippen LogP contribution in [0.3, 0.4) is 0 Å². The maximum absolute atomic E-state index is 9.46. The second kappa shape index (κ2) is 3.11. The zero-order valence-corrected chi connectivity index (χ0v) is 7.63. The molecule has 2 unspecified atom stereocenters. The zero-order valence-electron chi connectivity index (χ0n) is 7.63. The molecule has 1 N–H and O–H groups in total. The van der Waals surface area contributed by atoms with Crippen LogP contribution in [0.4, 0.5) is 0 Å². The van der Waals surface area contributed by atoms with Gasteiger partial charge in [0.25, 0.3) is 0 Å². The Bertz CT molecular complexity index is 128. The molecule has 66 valence electrons. The van der Waals surface area contributed by atoms with Gasteiger partial charge in [-0.1, -0.05) is 0 Å². The molecule has 0 amide bonds. The lowest BCUT2D eigenvalue weighted by Gasteiger charge is -2.25. The minimum atomic E-state index is -0.218. The van der Waals surface area contributed by atoms with Gasteiger partial charge in [-0.15, -0.1) is 0 Å². The second-order valence-electron chi connectivity index (χ2n) is 3.51. The summed E-state index contributed by atoms with van der Waals surface area (Å²) in [7, 11) is 0. The van der Waals surface area contributed by atoms with E-state index in [0.717, 1.165) is 19.4 Å². The van der Waals surface area contributed by atoms with Gasteiger partial charge in [0, 0.05) is 12.0 Å². The summed E-state index contributed by atoms with van der Waals surface area (Å²) in [6.45, 7) is 6.66. The van der Waals surface area contributed by atoms with E-state index < -0.39 is 0 Å². The van der Waals surface area contributed by atoms with Crippen LogP contribution in [0.2, 0.25) is 0 Å². The lowest BCUT2D eigenvalue weighted by Crippen LogP contribution is -2.31. The van der Waals surface area contributed by atoms with Crippen LogP contribution < -0.4 is 0 Å². The number of hydrogen-bond acceptors (Lipinski definition) is 2. The van der Waals surface area contributed by atoms with Crippen molar-refractivity contribution in [2.45, 2.75) is 45.8 Å². The first-order chi connectivity index (χ1) is 5.13. The highest BCUT2D eigenvalue weighted by molar-refractivity contribution is 5.01. The Morgan fingerprint density at radius 2 is 2.00 bits per heavy atom. The maximum Gasteiger partial charge on any atom is 0.0627 e. The summed E-state index contributed by atoms with van der Waals surface area (Å²) in [5.74, 6) is 0. The van der Waals surface area contributed by atoms with Gasteiger partial charge in [-0.05, 0) is 33.6 Å². The molecule has 2 nitrogen and oxygen atoms in total. The number of aliphatic hydroxyl groups is 1. The van der Waals surface area contributed by atoms with Gasteiger partial charge < -0.3 is 9.84 Å². The average Bonchev–Trinajstić information content (AvgIpc) is 2.66. The quantitative estimate of drug-likeness (QED) is 0.673. The molecule has 0 aromatic heterocycles. The van der Waals surface area contributed by atoms with Crippen LogP contribution in [0.25, 0.3) is 0 Å². The first kappa shape index (κ1) is 9.01. The molecule has 0 radical (unpaired) electrons. The molecule has 1 saturated carbocycles.